The predicted octanol–water partition coefficient (Wildman–Crippen LogP) is 2.39. The van der Waals surface area contributed by atoms with E-state index in [9.17, 15) is 18.0 Å². The van der Waals surface area contributed by atoms with Gasteiger partial charge in [-0.2, -0.15) is 13.2 Å². The summed E-state index contributed by atoms with van der Waals surface area (Å²) in [6, 6.07) is 5.10. The average molecular weight is 286 g/mol. The second-order valence-corrected chi connectivity index (χ2v) is 5.06. The number of alkyl halides is 3. The summed E-state index contributed by atoms with van der Waals surface area (Å²) in [5.41, 5.74) is -1.66. The maximum atomic E-state index is 13.1. The highest BCUT2D eigenvalue weighted by molar-refractivity contribution is 5.93. The summed E-state index contributed by atoms with van der Waals surface area (Å²) >= 11 is 0. The second kappa shape index (κ2) is 4.37. The molecule has 2 heterocycles. The predicted molar refractivity (Wildman–Crippen MR) is 65.5 cm³/mol. The number of hydrogen-bond acceptors (Lipinski definition) is 3. The first-order valence-electron chi connectivity index (χ1n) is 6.28. The summed E-state index contributed by atoms with van der Waals surface area (Å²) in [7, 11) is 0. The number of nitrogens with one attached hydrogen (secondary N) is 1. The zero-order valence-corrected chi connectivity index (χ0v) is 10.5. The van der Waals surface area contributed by atoms with Crippen molar-refractivity contribution in [2.24, 2.45) is 0 Å². The summed E-state index contributed by atoms with van der Waals surface area (Å²) in [5.74, 6) is 0. The third-order valence-corrected chi connectivity index (χ3v) is 3.79. The molecule has 1 atom stereocenters. The lowest BCUT2D eigenvalue weighted by Crippen LogP contribution is -2.49. The SMILES string of the molecule is O=C1OCC2(CCNC2)N1c1ccccc1C(F)(F)F. The largest absolute Gasteiger partial charge is 0.447 e. The van der Waals surface area contributed by atoms with E-state index >= 15 is 0 Å². The van der Waals surface area contributed by atoms with Gasteiger partial charge in [0.05, 0.1) is 16.8 Å². The fourth-order valence-electron chi connectivity index (χ4n) is 2.83. The van der Waals surface area contributed by atoms with Crippen molar-refractivity contribution >= 4 is 11.8 Å². The summed E-state index contributed by atoms with van der Waals surface area (Å²) < 4.78 is 44.3. The van der Waals surface area contributed by atoms with Gasteiger partial charge in [-0.05, 0) is 25.1 Å². The van der Waals surface area contributed by atoms with Gasteiger partial charge >= 0.3 is 12.3 Å². The number of benzene rings is 1. The molecule has 0 saturated carbocycles. The van der Waals surface area contributed by atoms with Gasteiger partial charge < -0.3 is 10.1 Å². The lowest BCUT2D eigenvalue weighted by Gasteiger charge is -2.32. The molecule has 1 unspecified atom stereocenters. The first-order valence-corrected chi connectivity index (χ1v) is 6.28. The van der Waals surface area contributed by atoms with Gasteiger partial charge in [0, 0.05) is 6.54 Å². The number of cyclic esters (lactones) is 1. The Morgan fingerprint density at radius 2 is 2.05 bits per heavy atom. The number of anilines is 1. The van der Waals surface area contributed by atoms with E-state index in [0.717, 1.165) is 11.0 Å². The van der Waals surface area contributed by atoms with Gasteiger partial charge in [0.1, 0.15) is 6.61 Å². The van der Waals surface area contributed by atoms with Gasteiger partial charge in [-0.3, -0.25) is 4.90 Å². The number of carbonyl (C=O) groups excluding carboxylic acids is 1. The Labute approximate surface area is 113 Å². The van der Waals surface area contributed by atoms with Crippen LogP contribution in [0.4, 0.5) is 23.7 Å². The van der Waals surface area contributed by atoms with Crippen molar-refractivity contribution < 1.29 is 22.7 Å². The van der Waals surface area contributed by atoms with Crippen LogP contribution in [0.2, 0.25) is 0 Å². The van der Waals surface area contributed by atoms with Gasteiger partial charge in [-0.15, -0.1) is 0 Å². The van der Waals surface area contributed by atoms with Gasteiger partial charge in [-0.25, -0.2) is 4.79 Å². The van der Waals surface area contributed by atoms with E-state index in [0.29, 0.717) is 19.5 Å². The Morgan fingerprint density at radius 3 is 2.70 bits per heavy atom. The molecule has 1 aromatic carbocycles. The van der Waals surface area contributed by atoms with E-state index < -0.39 is 23.4 Å². The van der Waals surface area contributed by atoms with E-state index in [1.807, 2.05) is 0 Å². The smallest absolute Gasteiger partial charge is 0.418 e. The van der Waals surface area contributed by atoms with Gasteiger partial charge in [0.2, 0.25) is 0 Å². The summed E-state index contributed by atoms with van der Waals surface area (Å²) in [5, 5.41) is 3.08. The number of ether oxygens (including phenoxy) is 1. The number of amides is 1. The average Bonchev–Trinajstić information content (AvgIpc) is 2.98. The number of rotatable bonds is 1. The van der Waals surface area contributed by atoms with E-state index in [2.05, 4.69) is 5.32 Å². The summed E-state index contributed by atoms with van der Waals surface area (Å²) in [6.07, 6.45) is -4.65. The topological polar surface area (TPSA) is 41.6 Å². The minimum absolute atomic E-state index is 0.116. The highest BCUT2D eigenvalue weighted by Gasteiger charge is 2.52. The van der Waals surface area contributed by atoms with Crippen LogP contribution < -0.4 is 10.2 Å². The van der Waals surface area contributed by atoms with Crippen LogP contribution in [0, 0.1) is 0 Å². The quantitative estimate of drug-likeness (QED) is 0.862. The highest BCUT2D eigenvalue weighted by atomic mass is 19.4. The molecule has 1 N–H and O–H groups in total. The van der Waals surface area contributed by atoms with Crippen molar-refractivity contribution in [2.45, 2.75) is 18.1 Å². The lowest BCUT2D eigenvalue weighted by atomic mass is 9.96. The summed E-state index contributed by atoms with van der Waals surface area (Å²) in [6.45, 7) is 1.21. The fourth-order valence-corrected chi connectivity index (χ4v) is 2.83. The standard InChI is InChI=1S/C13H13F3N2O2/c14-13(15,16)9-3-1-2-4-10(9)18-11(19)20-8-12(18)5-6-17-7-12/h1-4,17H,5-8H2. The van der Waals surface area contributed by atoms with Crippen LogP contribution >= 0.6 is 0 Å². The number of nitrogens with zero attached hydrogens (tertiary/aromatic N) is 1. The van der Waals surface area contributed by atoms with Crippen LogP contribution in [0.15, 0.2) is 24.3 Å². The van der Waals surface area contributed by atoms with Crippen LogP contribution in [-0.4, -0.2) is 31.3 Å². The number of hydrogen-bond donors (Lipinski definition) is 1. The third-order valence-electron chi connectivity index (χ3n) is 3.79. The molecule has 1 amide bonds. The molecule has 2 fully saturated rings. The Kier molecular flexibility index (Phi) is 2.89. The number of halogens is 3. The van der Waals surface area contributed by atoms with Gasteiger partial charge in [0.25, 0.3) is 0 Å². The fraction of sp³-hybridized carbons (Fsp3) is 0.462. The van der Waals surface area contributed by atoms with Crippen molar-refractivity contribution in [3.05, 3.63) is 29.8 Å². The Bertz CT molecular complexity index is 539. The molecule has 2 saturated heterocycles. The second-order valence-electron chi connectivity index (χ2n) is 5.06. The minimum atomic E-state index is -4.51. The first-order chi connectivity index (χ1) is 9.44. The van der Waals surface area contributed by atoms with Crippen molar-refractivity contribution in [1.29, 1.82) is 0 Å². The lowest BCUT2D eigenvalue weighted by molar-refractivity contribution is -0.137. The van der Waals surface area contributed by atoms with Gasteiger partial charge in [-0.1, -0.05) is 12.1 Å². The molecule has 7 heteroatoms. The molecular weight excluding hydrogens is 273 g/mol. The molecule has 2 aliphatic rings. The third kappa shape index (κ3) is 1.93. The van der Waals surface area contributed by atoms with Crippen molar-refractivity contribution in [2.75, 3.05) is 24.6 Å². The molecular formula is C13H13F3N2O2. The molecule has 2 aliphatic heterocycles. The first kappa shape index (κ1) is 13.2. The van der Waals surface area contributed by atoms with Crippen molar-refractivity contribution in [1.82, 2.24) is 5.32 Å². The molecule has 1 aromatic rings. The van der Waals surface area contributed by atoms with Crippen molar-refractivity contribution in [3.63, 3.8) is 0 Å². The van der Waals surface area contributed by atoms with E-state index in [1.54, 1.807) is 0 Å². The molecule has 3 rings (SSSR count). The van der Waals surface area contributed by atoms with Crippen LogP contribution in [-0.2, 0) is 10.9 Å². The Hall–Kier alpha value is -1.76. The van der Waals surface area contributed by atoms with E-state index in [4.69, 9.17) is 4.74 Å². The van der Waals surface area contributed by atoms with Crippen LogP contribution in [0.25, 0.3) is 0 Å². The molecule has 0 aromatic heterocycles. The molecule has 108 valence electrons. The summed E-state index contributed by atoms with van der Waals surface area (Å²) in [4.78, 5) is 13.1. The van der Waals surface area contributed by atoms with E-state index in [-0.39, 0.29) is 12.3 Å². The minimum Gasteiger partial charge on any atom is -0.447 e. The normalized spacial score (nSPS) is 26.4. The maximum absolute atomic E-state index is 13.1. The van der Waals surface area contributed by atoms with Crippen molar-refractivity contribution in [3.8, 4) is 0 Å². The molecule has 20 heavy (non-hydrogen) atoms. The molecule has 1 spiro atoms. The Balaban J connectivity index is 2.10. The zero-order valence-electron chi connectivity index (χ0n) is 10.5. The maximum Gasteiger partial charge on any atom is 0.418 e. The molecule has 0 radical (unpaired) electrons. The molecule has 4 nitrogen and oxygen atoms in total. The molecule has 0 aliphatic carbocycles. The monoisotopic (exact) mass is 286 g/mol. The van der Waals surface area contributed by atoms with Gasteiger partial charge in [0.15, 0.2) is 0 Å². The highest BCUT2D eigenvalue weighted by Crippen LogP contribution is 2.42. The molecule has 0 bridgehead atoms. The Morgan fingerprint density at radius 1 is 1.30 bits per heavy atom. The number of para-hydroxylation sites is 1. The van der Waals surface area contributed by atoms with Crippen LogP contribution in [0.5, 0.6) is 0 Å². The number of carbonyl (C=O) groups is 1. The zero-order chi connectivity index (χ0) is 14.4. The van der Waals surface area contributed by atoms with E-state index in [1.165, 1.54) is 18.2 Å². The van der Waals surface area contributed by atoms with Crippen LogP contribution in [0.1, 0.15) is 12.0 Å². The van der Waals surface area contributed by atoms with Crippen LogP contribution in [0.3, 0.4) is 0 Å².